The highest BCUT2D eigenvalue weighted by Gasteiger charge is 2.25. The summed E-state index contributed by atoms with van der Waals surface area (Å²) in [6, 6.07) is 13.9. The summed E-state index contributed by atoms with van der Waals surface area (Å²) in [4.78, 5) is 22.7. The number of phenolic OH excluding ortho intramolecular Hbond substituents is 1. The number of benzene rings is 2. The van der Waals surface area contributed by atoms with Gasteiger partial charge in [0, 0.05) is 5.57 Å². The molecule has 33 heavy (non-hydrogen) atoms. The largest absolute Gasteiger partial charge is 0.508 e. The van der Waals surface area contributed by atoms with Gasteiger partial charge in [-0.15, -0.1) is 0 Å². The number of methoxy groups -OCH3 is 1. The minimum atomic E-state index is -0.891. The van der Waals surface area contributed by atoms with Gasteiger partial charge in [0.15, 0.2) is 0 Å². The molecular formula is C27H32O6. The number of ether oxygens (including phenoxy) is 3. The first kappa shape index (κ1) is 27.2. The Kier molecular flexibility index (Phi) is 10.7. The van der Waals surface area contributed by atoms with Crippen LogP contribution in [0.2, 0.25) is 0 Å². The minimum absolute atomic E-state index is 0.185. The Morgan fingerprint density at radius 1 is 1.00 bits per heavy atom. The summed E-state index contributed by atoms with van der Waals surface area (Å²) in [5, 5.41) is 9.36. The van der Waals surface area contributed by atoms with Crippen LogP contribution >= 0.6 is 0 Å². The fourth-order valence-corrected chi connectivity index (χ4v) is 2.31. The van der Waals surface area contributed by atoms with Crippen molar-refractivity contribution in [2.45, 2.75) is 39.4 Å². The normalized spacial score (nSPS) is 11.5. The lowest BCUT2D eigenvalue weighted by Crippen LogP contribution is -2.34. The molecule has 0 aliphatic carbocycles. The average Bonchev–Trinajstić information content (AvgIpc) is 2.76. The molecule has 2 rings (SSSR count). The zero-order valence-corrected chi connectivity index (χ0v) is 19.8. The maximum absolute atomic E-state index is 12.5. The van der Waals surface area contributed by atoms with Gasteiger partial charge in [0.1, 0.15) is 17.1 Å². The fraction of sp³-hybridized carbons (Fsp3) is 0.259. The molecule has 0 aromatic heterocycles. The smallest absolute Gasteiger partial charge is 0.352 e. The summed E-state index contributed by atoms with van der Waals surface area (Å²) in [5.41, 5.74) is 1.62. The lowest BCUT2D eigenvalue weighted by Gasteiger charge is -2.23. The SMILES string of the molecule is C=C(C)C(=O)OC.C=Cc1ccc(OC(C=Cc2ccc(O)cc2)C(=O)OC(C)(C)C)cc1. The van der Waals surface area contributed by atoms with Crippen LogP contribution in [0.4, 0.5) is 0 Å². The lowest BCUT2D eigenvalue weighted by atomic mass is 10.1. The van der Waals surface area contributed by atoms with Crippen molar-refractivity contribution < 1.29 is 28.9 Å². The molecule has 0 amide bonds. The number of carbonyl (C=O) groups is 2. The van der Waals surface area contributed by atoms with Gasteiger partial charge in [0.2, 0.25) is 6.10 Å². The highest BCUT2D eigenvalue weighted by Crippen LogP contribution is 2.19. The second-order valence-corrected chi connectivity index (χ2v) is 8.07. The third-order valence-electron chi connectivity index (χ3n) is 3.91. The Balaban J connectivity index is 0.000000675. The van der Waals surface area contributed by atoms with Gasteiger partial charge in [-0.2, -0.15) is 0 Å². The van der Waals surface area contributed by atoms with Gasteiger partial charge < -0.3 is 19.3 Å². The van der Waals surface area contributed by atoms with Crippen LogP contribution in [0.25, 0.3) is 12.2 Å². The van der Waals surface area contributed by atoms with Crippen molar-refractivity contribution in [3.05, 3.63) is 84.5 Å². The maximum atomic E-state index is 12.5. The van der Waals surface area contributed by atoms with Crippen molar-refractivity contribution in [3.8, 4) is 11.5 Å². The van der Waals surface area contributed by atoms with E-state index in [1.165, 1.54) is 7.11 Å². The molecule has 2 aromatic rings. The first-order valence-corrected chi connectivity index (χ1v) is 10.3. The molecule has 0 spiro atoms. The highest BCUT2D eigenvalue weighted by atomic mass is 16.6. The molecule has 176 valence electrons. The number of phenols is 1. The Morgan fingerprint density at radius 3 is 1.97 bits per heavy atom. The molecule has 6 heteroatoms. The van der Waals surface area contributed by atoms with Crippen molar-refractivity contribution in [1.29, 1.82) is 0 Å². The second-order valence-electron chi connectivity index (χ2n) is 8.07. The monoisotopic (exact) mass is 452 g/mol. The van der Waals surface area contributed by atoms with E-state index >= 15 is 0 Å². The summed E-state index contributed by atoms with van der Waals surface area (Å²) < 4.78 is 15.5. The quantitative estimate of drug-likeness (QED) is 0.437. The molecule has 0 saturated heterocycles. The molecule has 0 heterocycles. The molecule has 0 aliphatic rings. The molecule has 0 aliphatic heterocycles. The van der Waals surface area contributed by atoms with Crippen LogP contribution in [-0.4, -0.2) is 35.9 Å². The molecule has 0 saturated carbocycles. The molecule has 2 aromatic carbocycles. The highest BCUT2D eigenvalue weighted by molar-refractivity contribution is 5.86. The fourth-order valence-electron chi connectivity index (χ4n) is 2.31. The van der Waals surface area contributed by atoms with Gasteiger partial charge in [0.05, 0.1) is 7.11 Å². The van der Waals surface area contributed by atoms with Gasteiger partial charge in [-0.05, 0) is 69.2 Å². The van der Waals surface area contributed by atoms with E-state index in [9.17, 15) is 14.7 Å². The lowest BCUT2D eigenvalue weighted by molar-refractivity contribution is -0.161. The van der Waals surface area contributed by atoms with E-state index in [2.05, 4.69) is 17.9 Å². The zero-order chi connectivity index (χ0) is 25.0. The topological polar surface area (TPSA) is 82.1 Å². The van der Waals surface area contributed by atoms with Gasteiger partial charge in [0.25, 0.3) is 0 Å². The molecule has 0 radical (unpaired) electrons. The first-order valence-electron chi connectivity index (χ1n) is 10.3. The van der Waals surface area contributed by atoms with Crippen LogP contribution in [0, 0.1) is 0 Å². The van der Waals surface area contributed by atoms with Crippen LogP contribution in [0.5, 0.6) is 11.5 Å². The van der Waals surface area contributed by atoms with E-state index < -0.39 is 17.7 Å². The van der Waals surface area contributed by atoms with E-state index in [4.69, 9.17) is 9.47 Å². The third kappa shape index (κ3) is 10.9. The zero-order valence-electron chi connectivity index (χ0n) is 19.8. The number of hydrogen-bond acceptors (Lipinski definition) is 6. The maximum Gasteiger partial charge on any atom is 0.352 e. The van der Waals surface area contributed by atoms with Crippen molar-refractivity contribution in [1.82, 2.24) is 0 Å². The van der Waals surface area contributed by atoms with Crippen LogP contribution in [-0.2, 0) is 19.1 Å². The van der Waals surface area contributed by atoms with Gasteiger partial charge >= 0.3 is 11.9 Å². The molecule has 0 fully saturated rings. The van der Waals surface area contributed by atoms with E-state index in [0.717, 1.165) is 11.1 Å². The first-order chi connectivity index (χ1) is 15.4. The van der Waals surface area contributed by atoms with Crippen LogP contribution in [0.3, 0.4) is 0 Å². The Bertz CT molecular complexity index is 963. The van der Waals surface area contributed by atoms with Crippen molar-refractivity contribution >= 4 is 24.1 Å². The predicted octanol–water partition coefficient (Wildman–Crippen LogP) is 5.57. The second kappa shape index (κ2) is 12.9. The number of aromatic hydroxyl groups is 1. The average molecular weight is 453 g/mol. The van der Waals surface area contributed by atoms with E-state index in [0.29, 0.717) is 11.3 Å². The van der Waals surface area contributed by atoms with Crippen molar-refractivity contribution in [2.24, 2.45) is 0 Å². The molecule has 1 atom stereocenters. The Hall–Kier alpha value is -3.80. The van der Waals surface area contributed by atoms with Gasteiger partial charge in [-0.3, -0.25) is 0 Å². The van der Waals surface area contributed by atoms with Crippen LogP contribution in [0.15, 0.2) is 73.3 Å². The standard InChI is InChI=1S/C22H24O4.C5H8O2/c1-5-16-8-13-19(14-9-16)25-20(21(24)26-22(2,3)4)15-10-17-6-11-18(23)12-7-17;1-4(2)5(6)7-3/h5-15,20,23H,1H2,2-4H3;1H2,2-3H3. The van der Waals surface area contributed by atoms with Crippen LogP contribution < -0.4 is 4.74 Å². The predicted molar refractivity (Wildman–Crippen MR) is 131 cm³/mol. The Morgan fingerprint density at radius 2 is 1.55 bits per heavy atom. The third-order valence-corrected chi connectivity index (χ3v) is 3.91. The summed E-state index contributed by atoms with van der Waals surface area (Å²) in [6.07, 6.45) is 4.24. The number of hydrogen-bond donors (Lipinski definition) is 1. The van der Waals surface area contributed by atoms with E-state index in [1.54, 1.807) is 61.5 Å². The number of esters is 2. The minimum Gasteiger partial charge on any atom is -0.508 e. The van der Waals surface area contributed by atoms with Crippen LogP contribution in [0.1, 0.15) is 38.8 Å². The van der Waals surface area contributed by atoms with E-state index in [1.807, 2.05) is 32.9 Å². The van der Waals surface area contributed by atoms with Crippen molar-refractivity contribution in [2.75, 3.05) is 7.11 Å². The number of rotatable bonds is 7. The summed E-state index contributed by atoms with van der Waals surface area (Å²) in [5.74, 6) is -0.0773. The van der Waals surface area contributed by atoms with Gasteiger partial charge in [-0.1, -0.05) is 49.6 Å². The molecule has 1 unspecified atom stereocenters. The van der Waals surface area contributed by atoms with Crippen molar-refractivity contribution in [3.63, 3.8) is 0 Å². The molecule has 0 bridgehead atoms. The van der Waals surface area contributed by atoms with Gasteiger partial charge in [-0.25, -0.2) is 9.59 Å². The molecule has 1 N–H and O–H groups in total. The molecular weight excluding hydrogens is 420 g/mol. The summed E-state index contributed by atoms with van der Waals surface area (Å²) in [7, 11) is 1.33. The van der Waals surface area contributed by atoms with E-state index in [-0.39, 0.29) is 11.7 Å². The summed E-state index contributed by atoms with van der Waals surface area (Å²) in [6.45, 7) is 14.1. The molecule has 6 nitrogen and oxygen atoms in total. The summed E-state index contributed by atoms with van der Waals surface area (Å²) >= 11 is 0. The Labute approximate surface area is 195 Å². The number of carbonyl (C=O) groups excluding carboxylic acids is 2.